The van der Waals surface area contributed by atoms with Crippen molar-refractivity contribution in [2.75, 3.05) is 23.7 Å². The highest BCUT2D eigenvalue weighted by molar-refractivity contribution is 7.92. The molecule has 0 bridgehead atoms. The summed E-state index contributed by atoms with van der Waals surface area (Å²) in [4.78, 5) is 28.3. The number of hydrogen-bond acceptors (Lipinski definition) is 4. The Balaban J connectivity index is 2.24. The van der Waals surface area contributed by atoms with Crippen molar-refractivity contribution in [2.24, 2.45) is 5.92 Å². The maximum Gasteiger partial charge on any atom is 0.242 e. The Morgan fingerprint density at radius 2 is 1.62 bits per heavy atom. The van der Waals surface area contributed by atoms with Gasteiger partial charge >= 0.3 is 0 Å². The summed E-state index contributed by atoms with van der Waals surface area (Å²) in [5.41, 5.74) is 4.59. The van der Waals surface area contributed by atoms with Crippen LogP contribution >= 0.6 is 0 Å². The third kappa shape index (κ3) is 9.18. The van der Waals surface area contributed by atoms with Crippen LogP contribution in [0.25, 0.3) is 0 Å². The van der Waals surface area contributed by atoms with Crippen LogP contribution in [0.5, 0.6) is 0 Å². The monoisotopic (exact) mass is 529 g/mol. The van der Waals surface area contributed by atoms with Crippen LogP contribution in [0.15, 0.2) is 42.5 Å². The van der Waals surface area contributed by atoms with Crippen molar-refractivity contribution in [2.45, 2.75) is 73.4 Å². The predicted molar refractivity (Wildman–Crippen MR) is 151 cm³/mol. The molecule has 1 unspecified atom stereocenters. The zero-order chi connectivity index (χ0) is 27.8. The number of amides is 2. The summed E-state index contributed by atoms with van der Waals surface area (Å²) in [6.45, 7) is 12.9. The van der Waals surface area contributed by atoms with Crippen LogP contribution in [0.4, 0.5) is 5.69 Å². The van der Waals surface area contributed by atoms with Crippen LogP contribution in [0.2, 0.25) is 0 Å². The van der Waals surface area contributed by atoms with Crippen LogP contribution < -0.4 is 9.62 Å². The Labute approximate surface area is 223 Å². The SMILES string of the molecule is CCC(C(=O)NCC(C)C)N(Cc1ccccc1C)C(=O)CCCN(c1cc(C)cc(C)c1)S(C)(=O)=O. The minimum atomic E-state index is -3.53. The molecule has 0 spiro atoms. The molecule has 204 valence electrons. The number of carbonyl (C=O) groups is 2. The number of aryl methyl sites for hydroxylation is 3. The van der Waals surface area contributed by atoms with Gasteiger partial charge in [-0.25, -0.2) is 8.42 Å². The van der Waals surface area contributed by atoms with Gasteiger partial charge in [-0.15, -0.1) is 0 Å². The maximum atomic E-state index is 13.6. The molecule has 2 aromatic carbocycles. The van der Waals surface area contributed by atoms with Gasteiger partial charge in [0, 0.05) is 26.1 Å². The van der Waals surface area contributed by atoms with E-state index in [9.17, 15) is 18.0 Å². The lowest BCUT2D eigenvalue weighted by atomic mass is 10.0. The second-order valence-electron chi connectivity index (χ2n) is 10.3. The molecule has 0 aromatic heterocycles. The lowest BCUT2D eigenvalue weighted by molar-refractivity contribution is -0.141. The number of anilines is 1. The first-order valence-corrected chi connectivity index (χ1v) is 14.9. The molecule has 2 amide bonds. The molecule has 7 nitrogen and oxygen atoms in total. The Kier molecular flexibility index (Phi) is 11.2. The number of nitrogens with one attached hydrogen (secondary N) is 1. The fourth-order valence-electron chi connectivity index (χ4n) is 4.41. The molecule has 0 radical (unpaired) electrons. The largest absolute Gasteiger partial charge is 0.354 e. The number of benzene rings is 2. The van der Waals surface area contributed by atoms with Crippen LogP contribution in [0.3, 0.4) is 0 Å². The first-order valence-electron chi connectivity index (χ1n) is 13.0. The number of rotatable bonds is 13. The second kappa shape index (κ2) is 13.6. The molecular weight excluding hydrogens is 486 g/mol. The molecule has 0 aliphatic heterocycles. The van der Waals surface area contributed by atoms with E-state index in [0.717, 1.165) is 22.3 Å². The highest BCUT2D eigenvalue weighted by atomic mass is 32.2. The van der Waals surface area contributed by atoms with E-state index in [2.05, 4.69) is 5.32 Å². The number of carbonyl (C=O) groups excluding carboxylic acids is 2. The van der Waals surface area contributed by atoms with E-state index in [-0.39, 0.29) is 24.8 Å². The summed E-state index contributed by atoms with van der Waals surface area (Å²) in [7, 11) is -3.53. The van der Waals surface area contributed by atoms with Crippen molar-refractivity contribution < 1.29 is 18.0 Å². The van der Waals surface area contributed by atoms with Crippen LogP contribution in [0, 0.1) is 26.7 Å². The molecule has 1 N–H and O–H groups in total. The molecule has 0 saturated carbocycles. The van der Waals surface area contributed by atoms with Gasteiger partial charge in [-0.2, -0.15) is 0 Å². The maximum absolute atomic E-state index is 13.6. The third-order valence-electron chi connectivity index (χ3n) is 6.32. The zero-order valence-corrected chi connectivity index (χ0v) is 24.2. The van der Waals surface area contributed by atoms with E-state index in [1.165, 1.54) is 10.6 Å². The topological polar surface area (TPSA) is 86.8 Å². The number of nitrogens with zero attached hydrogens (tertiary/aromatic N) is 2. The van der Waals surface area contributed by atoms with Crippen LogP contribution in [-0.4, -0.2) is 50.5 Å². The van der Waals surface area contributed by atoms with Crippen molar-refractivity contribution in [3.63, 3.8) is 0 Å². The standard InChI is InChI=1S/C29H43N3O4S/c1-8-27(29(34)30-19-21(2)3)31(20-25-13-10-9-12-24(25)6)28(33)14-11-15-32(37(7,35)36)26-17-22(4)16-23(5)18-26/h9-10,12-13,16-18,21,27H,8,11,14-15,19-20H2,1-7H3,(H,30,34). The smallest absolute Gasteiger partial charge is 0.242 e. The van der Waals surface area contributed by atoms with Crippen molar-refractivity contribution in [1.29, 1.82) is 0 Å². The Hall–Kier alpha value is -2.87. The summed E-state index contributed by atoms with van der Waals surface area (Å²) in [6.07, 6.45) is 2.15. The summed E-state index contributed by atoms with van der Waals surface area (Å²) in [6, 6.07) is 12.9. The predicted octanol–water partition coefficient (Wildman–Crippen LogP) is 4.74. The summed E-state index contributed by atoms with van der Waals surface area (Å²) < 4.78 is 26.5. The zero-order valence-electron chi connectivity index (χ0n) is 23.4. The highest BCUT2D eigenvalue weighted by Crippen LogP contribution is 2.23. The molecule has 0 heterocycles. The van der Waals surface area contributed by atoms with Crippen LogP contribution in [-0.2, 0) is 26.2 Å². The van der Waals surface area contributed by atoms with E-state index in [1.54, 1.807) is 4.90 Å². The van der Waals surface area contributed by atoms with Crippen molar-refractivity contribution in [1.82, 2.24) is 10.2 Å². The molecule has 2 aromatic rings. The molecule has 0 saturated heterocycles. The summed E-state index contributed by atoms with van der Waals surface area (Å²) >= 11 is 0. The fraction of sp³-hybridized carbons (Fsp3) is 0.517. The quantitative estimate of drug-likeness (QED) is 0.406. The van der Waals surface area contributed by atoms with Crippen molar-refractivity contribution in [3.05, 3.63) is 64.7 Å². The van der Waals surface area contributed by atoms with Gasteiger partial charge in [0.2, 0.25) is 21.8 Å². The molecule has 0 aliphatic carbocycles. The molecule has 0 fully saturated rings. The second-order valence-corrected chi connectivity index (χ2v) is 12.2. The lowest BCUT2D eigenvalue weighted by Crippen LogP contribution is -2.49. The third-order valence-corrected chi connectivity index (χ3v) is 7.51. The Morgan fingerprint density at radius 3 is 2.16 bits per heavy atom. The highest BCUT2D eigenvalue weighted by Gasteiger charge is 2.29. The van der Waals surface area contributed by atoms with E-state index < -0.39 is 16.1 Å². The fourth-order valence-corrected chi connectivity index (χ4v) is 5.36. The molecular formula is C29H43N3O4S. The first-order chi connectivity index (χ1) is 17.3. The average molecular weight is 530 g/mol. The van der Waals surface area contributed by atoms with Gasteiger partial charge in [0.15, 0.2) is 0 Å². The first kappa shape index (κ1) is 30.4. The van der Waals surface area contributed by atoms with Gasteiger partial charge in [-0.3, -0.25) is 13.9 Å². The van der Waals surface area contributed by atoms with E-state index in [0.29, 0.717) is 37.5 Å². The van der Waals surface area contributed by atoms with Gasteiger partial charge in [0.25, 0.3) is 0 Å². The van der Waals surface area contributed by atoms with Gasteiger partial charge in [-0.1, -0.05) is 51.1 Å². The average Bonchev–Trinajstić information content (AvgIpc) is 2.79. The molecule has 1 atom stereocenters. The normalized spacial score (nSPS) is 12.3. The molecule has 0 aliphatic rings. The van der Waals surface area contributed by atoms with E-state index >= 15 is 0 Å². The van der Waals surface area contributed by atoms with Crippen molar-refractivity contribution in [3.8, 4) is 0 Å². The number of hydrogen-bond donors (Lipinski definition) is 1. The van der Waals surface area contributed by atoms with Crippen molar-refractivity contribution >= 4 is 27.5 Å². The molecule has 8 heteroatoms. The lowest BCUT2D eigenvalue weighted by Gasteiger charge is -2.32. The van der Waals surface area contributed by atoms with E-state index in [1.807, 2.05) is 84.0 Å². The van der Waals surface area contributed by atoms with Gasteiger partial charge < -0.3 is 10.2 Å². The minimum Gasteiger partial charge on any atom is -0.354 e. The van der Waals surface area contributed by atoms with Gasteiger partial charge in [0.1, 0.15) is 6.04 Å². The van der Waals surface area contributed by atoms with Crippen LogP contribution in [0.1, 0.15) is 62.3 Å². The van der Waals surface area contributed by atoms with Gasteiger partial charge in [-0.05, 0) is 73.9 Å². The summed E-state index contributed by atoms with van der Waals surface area (Å²) in [5, 5.41) is 2.97. The van der Waals surface area contributed by atoms with Gasteiger partial charge in [0.05, 0.1) is 11.9 Å². The summed E-state index contributed by atoms with van der Waals surface area (Å²) in [5.74, 6) is -0.0241. The Bertz CT molecular complexity index is 1160. The molecule has 2 rings (SSSR count). The Morgan fingerprint density at radius 1 is 1.00 bits per heavy atom. The minimum absolute atomic E-state index is 0.136. The number of sulfonamides is 1. The molecule has 37 heavy (non-hydrogen) atoms. The van der Waals surface area contributed by atoms with E-state index in [4.69, 9.17) is 0 Å².